The zero-order chi connectivity index (χ0) is 15.0. The van der Waals surface area contributed by atoms with Gasteiger partial charge in [0.2, 0.25) is 0 Å². The zero-order valence-corrected chi connectivity index (χ0v) is 13.1. The Morgan fingerprint density at radius 2 is 2.20 bits per heavy atom. The topological polar surface area (TPSA) is 52.6 Å². The molecule has 0 N–H and O–H groups in total. The lowest BCUT2D eigenvalue weighted by molar-refractivity contribution is -0.178. The van der Waals surface area contributed by atoms with Gasteiger partial charge in [-0.2, -0.15) is 11.3 Å². The van der Waals surface area contributed by atoms with E-state index in [-0.39, 0.29) is 5.92 Å². The van der Waals surface area contributed by atoms with E-state index in [1.54, 1.807) is 26.8 Å². The molecule has 0 amide bonds. The third-order valence-electron chi connectivity index (χ3n) is 3.26. The number of esters is 2. The highest BCUT2D eigenvalue weighted by Crippen LogP contribution is 2.39. The molecule has 1 aliphatic rings. The van der Waals surface area contributed by atoms with Crippen LogP contribution in [0.3, 0.4) is 0 Å². The van der Waals surface area contributed by atoms with Crippen LogP contribution in [-0.4, -0.2) is 24.1 Å². The van der Waals surface area contributed by atoms with Crippen LogP contribution in [-0.2, 0) is 24.5 Å². The Morgan fingerprint density at radius 3 is 2.75 bits per heavy atom. The summed E-state index contributed by atoms with van der Waals surface area (Å²) < 4.78 is 10.7. The van der Waals surface area contributed by atoms with Gasteiger partial charge in [-0.3, -0.25) is 9.59 Å². The summed E-state index contributed by atoms with van der Waals surface area (Å²) in [4.78, 5) is 25.0. The largest absolute Gasteiger partial charge is 0.464 e. The quantitative estimate of drug-likeness (QED) is 0.622. The van der Waals surface area contributed by atoms with Crippen LogP contribution in [0.25, 0.3) is 0 Å². The molecular weight excluding hydrogens is 276 g/mol. The van der Waals surface area contributed by atoms with E-state index in [4.69, 9.17) is 9.47 Å². The lowest BCUT2D eigenvalue weighted by Gasteiger charge is -2.37. The fourth-order valence-corrected chi connectivity index (χ4v) is 3.13. The van der Waals surface area contributed by atoms with E-state index < -0.39 is 23.0 Å². The predicted molar refractivity (Wildman–Crippen MR) is 76.6 cm³/mol. The molecule has 1 aromatic rings. The van der Waals surface area contributed by atoms with Crippen molar-refractivity contribution in [2.75, 3.05) is 6.61 Å². The summed E-state index contributed by atoms with van der Waals surface area (Å²) >= 11 is 1.45. The molecule has 1 aliphatic heterocycles. The van der Waals surface area contributed by atoms with Crippen LogP contribution in [0.1, 0.15) is 39.7 Å². The van der Waals surface area contributed by atoms with Gasteiger partial charge in [-0.15, -0.1) is 0 Å². The monoisotopic (exact) mass is 296 g/mol. The van der Waals surface area contributed by atoms with Gasteiger partial charge in [-0.25, -0.2) is 0 Å². The van der Waals surface area contributed by atoms with E-state index in [0.29, 0.717) is 18.6 Å². The maximum absolute atomic E-state index is 12.7. The summed E-state index contributed by atoms with van der Waals surface area (Å²) in [5.74, 6) is -0.886. The number of cyclic esters (lactones) is 1. The molecule has 0 aromatic carbocycles. The molecule has 0 aliphatic carbocycles. The highest BCUT2D eigenvalue weighted by atomic mass is 32.1. The van der Waals surface area contributed by atoms with Crippen LogP contribution in [0.2, 0.25) is 0 Å². The first-order valence-electron chi connectivity index (χ1n) is 6.69. The van der Waals surface area contributed by atoms with Crippen LogP contribution in [0.5, 0.6) is 0 Å². The van der Waals surface area contributed by atoms with Gasteiger partial charge in [0.05, 0.1) is 6.61 Å². The molecule has 20 heavy (non-hydrogen) atoms. The molecule has 5 heteroatoms. The maximum Gasteiger partial charge on any atom is 0.328 e. The smallest absolute Gasteiger partial charge is 0.328 e. The maximum atomic E-state index is 12.7. The van der Waals surface area contributed by atoms with Crippen molar-refractivity contribution in [1.29, 1.82) is 0 Å². The summed E-state index contributed by atoms with van der Waals surface area (Å²) in [7, 11) is 0. The van der Waals surface area contributed by atoms with Crippen molar-refractivity contribution in [3.63, 3.8) is 0 Å². The van der Waals surface area contributed by atoms with Crippen molar-refractivity contribution in [3.8, 4) is 0 Å². The molecule has 0 radical (unpaired) electrons. The molecular formula is C15H20O4S. The molecule has 1 aromatic heterocycles. The van der Waals surface area contributed by atoms with Crippen LogP contribution in [0.4, 0.5) is 0 Å². The lowest BCUT2D eigenvalue weighted by atomic mass is 9.73. The fraction of sp³-hybridized carbons (Fsp3) is 0.600. The van der Waals surface area contributed by atoms with Crippen molar-refractivity contribution < 1.29 is 19.1 Å². The van der Waals surface area contributed by atoms with E-state index in [0.717, 1.165) is 0 Å². The van der Waals surface area contributed by atoms with Gasteiger partial charge in [0.25, 0.3) is 0 Å². The van der Waals surface area contributed by atoms with E-state index in [9.17, 15) is 9.59 Å². The van der Waals surface area contributed by atoms with Crippen LogP contribution >= 0.6 is 11.3 Å². The first-order valence-corrected chi connectivity index (χ1v) is 7.63. The fourth-order valence-electron chi connectivity index (χ4n) is 2.40. The summed E-state index contributed by atoms with van der Waals surface area (Å²) in [6, 6.07) is 1.80. The Morgan fingerprint density at radius 1 is 1.50 bits per heavy atom. The summed E-state index contributed by atoms with van der Waals surface area (Å²) in [6.07, 6.45) is 0.428. The van der Waals surface area contributed by atoms with Gasteiger partial charge >= 0.3 is 11.9 Å². The summed E-state index contributed by atoms with van der Waals surface area (Å²) in [5.41, 5.74) is -1.28. The minimum atomic E-state index is -1.31. The van der Waals surface area contributed by atoms with Gasteiger partial charge in [-0.05, 0) is 55.5 Å². The molecule has 110 valence electrons. The standard InChI is InChI=1S/C15H20O4S/c1-10-7-15(12(16)18-8-10,11-5-6-20-9-11)13(17)19-14(2,3)4/h5-6,9-10H,7-8H2,1-4H3. The minimum absolute atomic E-state index is 0.125. The first kappa shape index (κ1) is 15.0. The van der Waals surface area contributed by atoms with Gasteiger partial charge in [-0.1, -0.05) is 6.92 Å². The third-order valence-corrected chi connectivity index (χ3v) is 3.95. The third kappa shape index (κ3) is 2.73. The molecule has 2 atom stereocenters. The highest BCUT2D eigenvalue weighted by Gasteiger charge is 2.54. The molecule has 0 bridgehead atoms. The average molecular weight is 296 g/mol. The molecule has 1 saturated heterocycles. The van der Waals surface area contributed by atoms with Gasteiger partial charge in [0, 0.05) is 0 Å². The van der Waals surface area contributed by atoms with E-state index in [1.807, 2.05) is 17.7 Å². The average Bonchev–Trinajstić information content (AvgIpc) is 2.83. The molecule has 1 fully saturated rings. The van der Waals surface area contributed by atoms with Gasteiger partial charge < -0.3 is 9.47 Å². The number of carbonyl (C=O) groups excluding carboxylic acids is 2. The number of carbonyl (C=O) groups is 2. The van der Waals surface area contributed by atoms with Crippen LogP contribution in [0.15, 0.2) is 16.8 Å². The van der Waals surface area contributed by atoms with Gasteiger partial charge in [0.1, 0.15) is 5.60 Å². The van der Waals surface area contributed by atoms with E-state index >= 15 is 0 Å². The van der Waals surface area contributed by atoms with Crippen molar-refractivity contribution in [3.05, 3.63) is 22.4 Å². The Balaban J connectivity index is 2.44. The first-order chi connectivity index (χ1) is 9.25. The van der Waals surface area contributed by atoms with Crippen molar-refractivity contribution in [2.24, 2.45) is 5.92 Å². The normalized spacial score (nSPS) is 27.0. The minimum Gasteiger partial charge on any atom is -0.464 e. The van der Waals surface area contributed by atoms with Crippen molar-refractivity contribution in [1.82, 2.24) is 0 Å². The summed E-state index contributed by atoms with van der Waals surface area (Å²) in [6.45, 7) is 7.71. The predicted octanol–water partition coefficient (Wildman–Crippen LogP) is 2.91. The number of ether oxygens (including phenoxy) is 2. The van der Waals surface area contributed by atoms with E-state index in [1.165, 1.54) is 11.3 Å². The second-order valence-corrected chi connectivity index (χ2v) is 7.11. The molecule has 4 nitrogen and oxygen atoms in total. The van der Waals surface area contributed by atoms with E-state index in [2.05, 4.69) is 0 Å². The number of rotatable bonds is 2. The van der Waals surface area contributed by atoms with Crippen LogP contribution < -0.4 is 0 Å². The molecule has 2 rings (SSSR count). The molecule has 2 heterocycles. The van der Waals surface area contributed by atoms with Crippen molar-refractivity contribution >= 4 is 23.3 Å². The van der Waals surface area contributed by atoms with Gasteiger partial charge in [0.15, 0.2) is 5.41 Å². The number of hydrogen-bond acceptors (Lipinski definition) is 5. The molecule has 0 spiro atoms. The zero-order valence-electron chi connectivity index (χ0n) is 12.3. The molecule has 2 unspecified atom stereocenters. The Labute approximate surface area is 123 Å². The summed E-state index contributed by atoms with van der Waals surface area (Å²) in [5, 5.41) is 3.68. The highest BCUT2D eigenvalue weighted by molar-refractivity contribution is 7.08. The molecule has 0 saturated carbocycles. The van der Waals surface area contributed by atoms with Crippen LogP contribution in [0, 0.1) is 5.92 Å². The SMILES string of the molecule is CC1COC(=O)C(C(=O)OC(C)(C)C)(c2ccsc2)C1. The number of thiophene rings is 1. The second-order valence-electron chi connectivity index (χ2n) is 6.33. The number of hydrogen-bond donors (Lipinski definition) is 0. The Kier molecular flexibility index (Phi) is 3.91. The lowest BCUT2D eigenvalue weighted by Crippen LogP contribution is -2.52. The second kappa shape index (κ2) is 5.20. The Bertz CT molecular complexity index is 500. The van der Waals surface area contributed by atoms with Crippen molar-refractivity contribution in [2.45, 2.75) is 45.1 Å². The Hall–Kier alpha value is -1.36.